The minimum absolute atomic E-state index is 0. The highest BCUT2D eigenvalue weighted by Crippen LogP contribution is 2.19. The largest absolute Gasteiger partial charge is 0.484 e. The molecule has 2 N–H and O–H groups in total. The number of ether oxygens (including phenoxy) is 4. The van der Waals surface area contributed by atoms with Crippen LogP contribution in [0.5, 0.6) is 5.75 Å². The number of carbonyl (C=O) groups is 1. The minimum Gasteiger partial charge on any atom is -0.484 e. The van der Waals surface area contributed by atoms with E-state index in [1.54, 1.807) is 14.0 Å². The average molecular weight is 346 g/mol. The predicted octanol–water partition coefficient (Wildman–Crippen LogP) is 1.55. The van der Waals surface area contributed by atoms with Crippen LogP contribution in [0.25, 0.3) is 0 Å². The Balaban J connectivity index is 0.00000264. The van der Waals surface area contributed by atoms with Crippen molar-refractivity contribution in [3.8, 4) is 5.75 Å². The van der Waals surface area contributed by atoms with Crippen LogP contribution in [0.1, 0.15) is 13.3 Å². The van der Waals surface area contributed by atoms with Gasteiger partial charge in [-0.25, -0.2) is 0 Å². The van der Waals surface area contributed by atoms with Crippen molar-refractivity contribution in [1.82, 2.24) is 0 Å². The molecule has 1 aliphatic heterocycles. The second-order valence-corrected chi connectivity index (χ2v) is 5.28. The molecule has 7 heteroatoms. The lowest BCUT2D eigenvalue weighted by molar-refractivity contribution is -0.164. The van der Waals surface area contributed by atoms with Gasteiger partial charge in [0.2, 0.25) is 0 Å². The molecule has 1 fully saturated rings. The van der Waals surface area contributed by atoms with E-state index in [1.165, 1.54) is 0 Å². The van der Waals surface area contributed by atoms with Crippen LogP contribution < -0.4 is 10.5 Å². The van der Waals surface area contributed by atoms with Gasteiger partial charge < -0.3 is 24.7 Å². The molecule has 130 valence electrons. The Morgan fingerprint density at radius 2 is 1.96 bits per heavy atom. The molecular formula is C16H24ClNO5. The summed E-state index contributed by atoms with van der Waals surface area (Å²) in [7, 11) is 1.58. The highest BCUT2D eigenvalue weighted by atomic mass is 35.5. The van der Waals surface area contributed by atoms with Gasteiger partial charge >= 0.3 is 5.97 Å². The van der Waals surface area contributed by atoms with E-state index in [9.17, 15) is 4.79 Å². The quantitative estimate of drug-likeness (QED) is 0.837. The molecule has 0 radical (unpaired) electrons. The van der Waals surface area contributed by atoms with Crippen LogP contribution in [0.4, 0.5) is 0 Å². The highest BCUT2D eigenvalue weighted by Gasteiger charge is 2.34. The first-order chi connectivity index (χ1) is 10.6. The summed E-state index contributed by atoms with van der Waals surface area (Å²) in [5.41, 5.74) is 5.77. The number of nitrogens with two attached hydrogens (primary N) is 1. The van der Waals surface area contributed by atoms with Crippen LogP contribution >= 0.6 is 12.4 Å². The lowest BCUT2D eigenvalue weighted by atomic mass is 10.1. The molecule has 0 saturated carbocycles. The normalized spacial score (nSPS) is 29.1. The number of cyclic esters (lactones) is 1. The van der Waals surface area contributed by atoms with Gasteiger partial charge in [-0.2, -0.15) is 0 Å². The standard InChI is InChI=1S/C16H23NO5.ClH/c1-11-15(22-12-6-4-3-5-7-12)14(19-2)10-20-9-8-13(17)16(18)21-11;/h3-7,11,13-15H,8-10,17H2,1-2H3;1H/t11-,13-,14-,15-;/m0./s1. The summed E-state index contributed by atoms with van der Waals surface area (Å²) in [5, 5.41) is 0. The molecular weight excluding hydrogens is 322 g/mol. The van der Waals surface area contributed by atoms with Gasteiger partial charge in [0, 0.05) is 13.7 Å². The Hall–Kier alpha value is -1.34. The van der Waals surface area contributed by atoms with E-state index in [-0.39, 0.29) is 18.5 Å². The van der Waals surface area contributed by atoms with Gasteiger partial charge in [-0.05, 0) is 25.5 Å². The molecule has 2 rings (SSSR count). The fraction of sp³-hybridized carbons (Fsp3) is 0.562. The highest BCUT2D eigenvalue weighted by molar-refractivity contribution is 5.85. The van der Waals surface area contributed by atoms with Crippen LogP contribution in [-0.2, 0) is 19.0 Å². The van der Waals surface area contributed by atoms with Gasteiger partial charge in [0.25, 0.3) is 0 Å². The van der Waals surface area contributed by atoms with E-state index in [4.69, 9.17) is 24.7 Å². The maximum atomic E-state index is 11.9. The second kappa shape index (κ2) is 9.72. The SMILES string of the molecule is CO[C@H]1COCC[C@H](N)C(=O)O[C@@H](C)[C@@H]1Oc1ccccc1.Cl. The number of halogens is 1. The smallest absolute Gasteiger partial charge is 0.323 e. The molecule has 0 aromatic heterocycles. The molecule has 1 aromatic carbocycles. The first kappa shape index (κ1) is 19.7. The van der Waals surface area contributed by atoms with Crippen LogP contribution in [-0.4, -0.2) is 50.6 Å². The van der Waals surface area contributed by atoms with Crippen LogP contribution in [0, 0.1) is 0 Å². The van der Waals surface area contributed by atoms with Crippen molar-refractivity contribution < 1.29 is 23.7 Å². The van der Waals surface area contributed by atoms with Crippen molar-refractivity contribution in [3.63, 3.8) is 0 Å². The molecule has 0 amide bonds. The van der Waals surface area contributed by atoms with E-state index in [2.05, 4.69) is 0 Å². The van der Waals surface area contributed by atoms with Crippen LogP contribution in [0.2, 0.25) is 0 Å². The topological polar surface area (TPSA) is 80.0 Å². The third-order valence-electron chi connectivity index (χ3n) is 3.61. The van der Waals surface area contributed by atoms with Crippen molar-refractivity contribution in [2.75, 3.05) is 20.3 Å². The maximum Gasteiger partial charge on any atom is 0.323 e. The summed E-state index contributed by atoms with van der Waals surface area (Å²) < 4.78 is 22.4. The third kappa shape index (κ3) is 5.66. The zero-order chi connectivity index (χ0) is 15.9. The summed E-state index contributed by atoms with van der Waals surface area (Å²) >= 11 is 0. The van der Waals surface area contributed by atoms with Crippen molar-refractivity contribution in [1.29, 1.82) is 0 Å². The second-order valence-electron chi connectivity index (χ2n) is 5.28. The molecule has 6 nitrogen and oxygen atoms in total. The molecule has 1 aliphatic rings. The van der Waals surface area contributed by atoms with Crippen molar-refractivity contribution in [3.05, 3.63) is 30.3 Å². The number of methoxy groups -OCH3 is 1. The van der Waals surface area contributed by atoms with Gasteiger partial charge in [-0.1, -0.05) is 18.2 Å². The summed E-state index contributed by atoms with van der Waals surface area (Å²) in [6, 6.07) is 8.65. The first-order valence-electron chi connectivity index (χ1n) is 7.40. The monoisotopic (exact) mass is 345 g/mol. The number of carbonyl (C=O) groups excluding carboxylic acids is 1. The van der Waals surface area contributed by atoms with Gasteiger partial charge in [0.05, 0.1) is 6.61 Å². The Morgan fingerprint density at radius 3 is 2.61 bits per heavy atom. The number of hydrogen-bond donors (Lipinski definition) is 1. The molecule has 1 saturated heterocycles. The molecule has 0 unspecified atom stereocenters. The number of rotatable bonds is 3. The number of para-hydroxylation sites is 1. The molecule has 0 bridgehead atoms. The average Bonchev–Trinajstić information content (AvgIpc) is 2.53. The fourth-order valence-electron chi connectivity index (χ4n) is 2.29. The van der Waals surface area contributed by atoms with Gasteiger partial charge in [0.15, 0.2) is 6.10 Å². The Bertz CT molecular complexity index is 473. The lowest BCUT2D eigenvalue weighted by Gasteiger charge is -2.32. The molecule has 0 aliphatic carbocycles. The Kier molecular flexibility index (Phi) is 8.33. The summed E-state index contributed by atoms with van der Waals surface area (Å²) in [5.74, 6) is 0.230. The Labute approximate surface area is 142 Å². The zero-order valence-corrected chi connectivity index (χ0v) is 14.2. The predicted molar refractivity (Wildman–Crippen MR) is 87.9 cm³/mol. The summed E-state index contributed by atoms with van der Waals surface area (Å²) in [6.45, 7) is 2.50. The van der Waals surface area contributed by atoms with E-state index in [0.29, 0.717) is 25.4 Å². The van der Waals surface area contributed by atoms with Crippen molar-refractivity contribution >= 4 is 18.4 Å². The van der Waals surface area contributed by atoms with Gasteiger partial charge in [-0.15, -0.1) is 12.4 Å². The molecule has 0 spiro atoms. The summed E-state index contributed by atoms with van der Waals surface area (Å²) in [4.78, 5) is 11.9. The summed E-state index contributed by atoms with van der Waals surface area (Å²) in [6.07, 6.45) is -0.920. The molecule has 4 atom stereocenters. The molecule has 1 aromatic rings. The maximum absolute atomic E-state index is 11.9. The fourth-order valence-corrected chi connectivity index (χ4v) is 2.29. The van der Waals surface area contributed by atoms with Crippen molar-refractivity contribution in [2.24, 2.45) is 5.73 Å². The number of benzene rings is 1. The molecule has 1 heterocycles. The van der Waals surface area contributed by atoms with E-state index in [0.717, 1.165) is 0 Å². The van der Waals surface area contributed by atoms with Gasteiger partial charge in [0.1, 0.15) is 24.0 Å². The minimum atomic E-state index is -0.682. The number of hydrogen-bond acceptors (Lipinski definition) is 6. The molecule has 23 heavy (non-hydrogen) atoms. The van der Waals surface area contributed by atoms with Gasteiger partial charge in [-0.3, -0.25) is 4.79 Å². The third-order valence-corrected chi connectivity index (χ3v) is 3.61. The number of esters is 1. The Morgan fingerprint density at radius 1 is 1.26 bits per heavy atom. The van der Waals surface area contributed by atoms with Crippen molar-refractivity contribution in [2.45, 2.75) is 37.7 Å². The van der Waals surface area contributed by atoms with E-state index >= 15 is 0 Å². The van der Waals surface area contributed by atoms with E-state index < -0.39 is 24.2 Å². The van der Waals surface area contributed by atoms with Crippen LogP contribution in [0.3, 0.4) is 0 Å². The van der Waals surface area contributed by atoms with Crippen LogP contribution in [0.15, 0.2) is 30.3 Å². The zero-order valence-electron chi connectivity index (χ0n) is 13.3. The first-order valence-corrected chi connectivity index (χ1v) is 7.40. The van der Waals surface area contributed by atoms with E-state index in [1.807, 2.05) is 30.3 Å². The lowest BCUT2D eigenvalue weighted by Crippen LogP contribution is -2.49.